The molecule has 1 aliphatic heterocycles. The van der Waals surface area contributed by atoms with Gasteiger partial charge in [0.05, 0.1) is 6.54 Å². The van der Waals surface area contributed by atoms with Crippen LogP contribution in [0.25, 0.3) is 0 Å². The minimum atomic E-state index is -0.242. The van der Waals surface area contributed by atoms with Crippen LogP contribution >= 0.6 is 0 Å². The molecule has 1 amide bonds. The Morgan fingerprint density at radius 3 is 2.61 bits per heavy atom. The van der Waals surface area contributed by atoms with Gasteiger partial charge in [0.15, 0.2) is 0 Å². The molecule has 4 heteroatoms. The number of nitrogens with one attached hydrogen (secondary N) is 1. The Kier molecular flexibility index (Phi) is 3.04. The molecule has 1 aliphatic carbocycles. The van der Waals surface area contributed by atoms with Gasteiger partial charge in [0.2, 0.25) is 5.91 Å². The highest BCUT2D eigenvalue weighted by atomic mass is 19.1. The molecule has 1 atom stereocenters. The number of nitrogens with zero attached hydrogens (tertiary/aromatic N) is 1. The van der Waals surface area contributed by atoms with Gasteiger partial charge in [-0.25, -0.2) is 4.39 Å². The van der Waals surface area contributed by atoms with Gasteiger partial charge in [0.25, 0.3) is 0 Å². The molecule has 1 N–H and O–H groups in total. The first-order valence-electron chi connectivity index (χ1n) is 6.52. The fraction of sp³-hybridized carbons (Fsp3) is 0.500. The summed E-state index contributed by atoms with van der Waals surface area (Å²) in [7, 11) is 0. The minimum absolute atomic E-state index is 0.0845. The second kappa shape index (κ2) is 4.69. The van der Waals surface area contributed by atoms with Gasteiger partial charge in [-0.05, 0) is 36.5 Å². The van der Waals surface area contributed by atoms with Gasteiger partial charge in [-0.15, -0.1) is 0 Å². The van der Waals surface area contributed by atoms with Crippen LogP contribution in [0.2, 0.25) is 0 Å². The number of halogens is 1. The van der Waals surface area contributed by atoms with Crippen molar-refractivity contribution >= 4 is 5.91 Å². The first-order chi connectivity index (χ1) is 8.74. The van der Waals surface area contributed by atoms with E-state index < -0.39 is 0 Å². The summed E-state index contributed by atoms with van der Waals surface area (Å²) in [6.07, 6.45) is 3.64. The minimum Gasteiger partial charge on any atom is -0.322 e. The maximum atomic E-state index is 12.9. The molecule has 1 saturated heterocycles. The van der Waals surface area contributed by atoms with Gasteiger partial charge in [0, 0.05) is 6.54 Å². The highest BCUT2D eigenvalue weighted by Crippen LogP contribution is 2.31. The maximum absolute atomic E-state index is 12.9. The Bertz CT molecular complexity index is 442. The van der Waals surface area contributed by atoms with Gasteiger partial charge in [-0.3, -0.25) is 10.1 Å². The summed E-state index contributed by atoms with van der Waals surface area (Å²) in [5.41, 5.74) is 0.960. The average Bonchev–Trinajstić information content (AvgIpc) is 2.67. The lowest BCUT2D eigenvalue weighted by atomic mass is 9.85. The third kappa shape index (κ3) is 2.12. The molecular formula is C14H17FN2O. The molecule has 1 heterocycles. The van der Waals surface area contributed by atoms with Gasteiger partial charge in [0.1, 0.15) is 12.0 Å². The van der Waals surface area contributed by atoms with Crippen molar-refractivity contribution in [3.63, 3.8) is 0 Å². The zero-order valence-electron chi connectivity index (χ0n) is 10.2. The molecule has 2 fully saturated rings. The van der Waals surface area contributed by atoms with Crippen molar-refractivity contribution < 1.29 is 9.18 Å². The monoisotopic (exact) mass is 248 g/mol. The molecule has 1 unspecified atom stereocenters. The molecule has 1 aromatic carbocycles. The van der Waals surface area contributed by atoms with Crippen LogP contribution in [-0.2, 0) is 4.79 Å². The van der Waals surface area contributed by atoms with Crippen LogP contribution in [0, 0.1) is 11.7 Å². The molecule has 0 radical (unpaired) electrons. The van der Waals surface area contributed by atoms with Crippen molar-refractivity contribution in [2.45, 2.75) is 25.4 Å². The van der Waals surface area contributed by atoms with Crippen LogP contribution in [0.5, 0.6) is 0 Å². The molecule has 0 aromatic heterocycles. The number of benzene rings is 1. The van der Waals surface area contributed by atoms with E-state index in [4.69, 9.17) is 0 Å². The van der Waals surface area contributed by atoms with Crippen molar-refractivity contribution in [3.8, 4) is 0 Å². The zero-order chi connectivity index (χ0) is 12.5. The topological polar surface area (TPSA) is 32.3 Å². The number of rotatable bonds is 3. The van der Waals surface area contributed by atoms with E-state index in [0.717, 1.165) is 12.1 Å². The predicted octanol–water partition coefficient (Wildman–Crippen LogP) is 2.06. The van der Waals surface area contributed by atoms with Crippen molar-refractivity contribution in [3.05, 3.63) is 35.6 Å². The quantitative estimate of drug-likeness (QED) is 0.888. The van der Waals surface area contributed by atoms with E-state index in [1.165, 1.54) is 31.4 Å². The number of amides is 1. The molecule has 3 nitrogen and oxygen atoms in total. The smallest absolute Gasteiger partial charge is 0.238 e. The van der Waals surface area contributed by atoms with Crippen molar-refractivity contribution in [1.82, 2.24) is 10.2 Å². The van der Waals surface area contributed by atoms with E-state index >= 15 is 0 Å². The van der Waals surface area contributed by atoms with Crippen LogP contribution in [0.3, 0.4) is 0 Å². The standard InChI is InChI=1S/C14H17FN2O/c15-12-6-4-11(5-7-12)14-16-8-13(18)17(14)9-10-2-1-3-10/h4-7,10,14,16H,1-3,8-9H2. The van der Waals surface area contributed by atoms with Gasteiger partial charge >= 0.3 is 0 Å². The summed E-state index contributed by atoms with van der Waals surface area (Å²) in [6.45, 7) is 1.21. The van der Waals surface area contributed by atoms with Crippen LogP contribution in [0.1, 0.15) is 31.0 Å². The Morgan fingerprint density at radius 2 is 2.00 bits per heavy atom. The highest BCUT2D eigenvalue weighted by Gasteiger charge is 2.34. The highest BCUT2D eigenvalue weighted by molar-refractivity contribution is 5.81. The summed E-state index contributed by atoms with van der Waals surface area (Å²) >= 11 is 0. The molecule has 18 heavy (non-hydrogen) atoms. The van der Waals surface area contributed by atoms with E-state index in [-0.39, 0.29) is 17.9 Å². The van der Waals surface area contributed by atoms with Gasteiger partial charge < -0.3 is 4.90 Å². The number of hydrogen-bond acceptors (Lipinski definition) is 2. The van der Waals surface area contributed by atoms with E-state index in [1.54, 1.807) is 12.1 Å². The lowest BCUT2D eigenvalue weighted by Crippen LogP contribution is -2.36. The maximum Gasteiger partial charge on any atom is 0.238 e. The lowest BCUT2D eigenvalue weighted by molar-refractivity contribution is -0.129. The van der Waals surface area contributed by atoms with Crippen molar-refractivity contribution in [2.24, 2.45) is 5.92 Å². The molecular weight excluding hydrogens is 231 g/mol. The molecule has 1 saturated carbocycles. The SMILES string of the molecule is O=C1CNC(c2ccc(F)cc2)N1CC1CCC1. The van der Waals surface area contributed by atoms with Crippen molar-refractivity contribution in [2.75, 3.05) is 13.1 Å². The fourth-order valence-electron chi connectivity index (χ4n) is 2.64. The molecule has 96 valence electrons. The van der Waals surface area contributed by atoms with Gasteiger partial charge in [-0.1, -0.05) is 18.6 Å². The van der Waals surface area contributed by atoms with Crippen LogP contribution in [0.15, 0.2) is 24.3 Å². The number of carbonyl (C=O) groups is 1. The second-order valence-corrected chi connectivity index (χ2v) is 5.18. The van der Waals surface area contributed by atoms with E-state index in [1.807, 2.05) is 4.90 Å². The van der Waals surface area contributed by atoms with E-state index in [0.29, 0.717) is 12.5 Å². The molecule has 3 rings (SSSR count). The van der Waals surface area contributed by atoms with E-state index in [2.05, 4.69) is 5.32 Å². The van der Waals surface area contributed by atoms with Crippen LogP contribution in [0.4, 0.5) is 4.39 Å². The summed E-state index contributed by atoms with van der Waals surface area (Å²) in [5, 5.41) is 3.20. The summed E-state index contributed by atoms with van der Waals surface area (Å²) < 4.78 is 12.9. The fourth-order valence-corrected chi connectivity index (χ4v) is 2.64. The van der Waals surface area contributed by atoms with Crippen molar-refractivity contribution in [1.29, 1.82) is 0 Å². The third-order valence-electron chi connectivity index (χ3n) is 3.94. The molecule has 2 aliphatic rings. The first kappa shape index (κ1) is 11.7. The summed E-state index contributed by atoms with van der Waals surface area (Å²) in [6, 6.07) is 6.39. The normalized spacial score (nSPS) is 24.4. The largest absolute Gasteiger partial charge is 0.322 e. The molecule has 1 aromatic rings. The van der Waals surface area contributed by atoms with E-state index in [9.17, 15) is 9.18 Å². The number of carbonyl (C=O) groups excluding carboxylic acids is 1. The zero-order valence-corrected chi connectivity index (χ0v) is 10.2. The average molecular weight is 248 g/mol. The summed E-state index contributed by atoms with van der Waals surface area (Å²) in [4.78, 5) is 13.8. The second-order valence-electron chi connectivity index (χ2n) is 5.18. The Morgan fingerprint density at radius 1 is 1.28 bits per heavy atom. The molecule has 0 spiro atoms. The number of hydrogen-bond donors (Lipinski definition) is 1. The predicted molar refractivity (Wildman–Crippen MR) is 66.2 cm³/mol. The first-order valence-corrected chi connectivity index (χ1v) is 6.52. The lowest BCUT2D eigenvalue weighted by Gasteiger charge is -2.33. The Labute approximate surface area is 106 Å². The third-order valence-corrected chi connectivity index (χ3v) is 3.94. The van der Waals surface area contributed by atoms with Crippen LogP contribution < -0.4 is 5.32 Å². The molecule has 0 bridgehead atoms. The summed E-state index contributed by atoms with van der Waals surface area (Å²) in [5.74, 6) is 0.557. The Hall–Kier alpha value is -1.42. The van der Waals surface area contributed by atoms with Gasteiger partial charge in [-0.2, -0.15) is 0 Å². The Balaban J connectivity index is 1.76. The van der Waals surface area contributed by atoms with Crippen LogP contribution in [-0.4, -0.2) is 23.9 Å².